The average Bonchev–Trinajstić information content (AvgIpc) is 2.55. The topological polar surface area (TPSA) is 133 Å². The molecule has 0 saturated heterocycles. The standard InChI is InChI=1S/C17H17N5O3S/c1-11-2-6-13(7-3-11)22-15(18)10-16(23)21-17(22)20-12-4-8-14(9-5-12)26(19,24)25/h2-10H,18H2,1H3,(H2,19,24,25)(H,20,21,23). The second-order valence-corrected chi connectivity index (χ2v) is 7.27. The molecular weight excluding hydrogens is 354 g/mol. The summed E-state index contributed by atoms with van der Waals surface area (Å²) in [6, 6.07) is 14.5. The Hall–Kier alpha value is -3.17. The molecule has 0 spiro atoms. The van der Waals surface area contributed by atoms with Crippen LogP contribution in [0.2, 0.25) is 0 Å². The molecule has 134 valence electrons. The number of aryl methyl sites for hydroxylation is 1. The van der Waals surface area contributed by atoms with E-state index < -0.39 is 15.6 Å². The largest absolute Gasteiger partial charge is 0.385 e. The van der Waals surface area contributed by atoms with Gasteiger partial charge in [-0.25, -0.2) is 13.6 Å². The van der Waals surface area contributed by atoms with Gasteiger partial charge in [0.25, 0.3) is 5.56 Å². The number of benzene rings is 2. The Morgan fingerprint density at radius 2 is 1.65 bits per heavy atom. The van der Waals surface area contributed by atoms with Crippen LogP contribution in [-0.2, 0) is 10.0 Å². The molecule has 26 heavy (non-hydrogen) atoms. The molecule has 0 aliphatic heterocycles. The molecule has 8 nitrogen and oxygen atoms in total. The fraction of sp³-hybridized carbons (Fsp3) is 0.0588. The van der Waals surface area contributed by atoms with Gasteiger partial charge in [-0.15, -0.1) is 0 Å². The zero-order valence-electron chi connectivity index (χ0n) is 13.9. The van der Waals surface area contributed by atoms with Crippen LogP contribution in [0, 0.1) is 6.92 Å². The first-order valence-electron chi connectivity index (χ1n) is 7.60. The van der Waals surface area contributed by atoms with E-state index in [1.165, 1.54) is 30.3 Å². The van der Waals surface area contributed by atoms with Crippen molar-refractivity contribution < 1.29 is 8.42 Å². The molecule has 3 aromatic rings. The quantitative estimate of drug-likeness (QED) is 0.637. The molecule has 5 N–H and O–H groups in total. The summed E-state index contributed by atoms with van der Waals surface area (Å²) in [5.74, 6) is 0.430. The van der Waals surface area contributed by atoms with Gasteiger partial charge < -0.3 is 11.1 Å². The predicted molar refractivity (Wildman–Crippen MR) is 100 cm³/mol. The summed E-state index contributed by atoms with van der Waals surface area (Å²) >= 11 is 0. The number of aromatic nitrogens is 2. The maximum atomic E-state index is 11.8. The zero-order valence-corrected chi connectivity index (χ0v) is 14.7. The van der Waals surface area contributed by atoms with E-state index in [0.717, 1.165) is 11.3 Å². The third-order valence-corrected chi connectivity index (χ3v) is 4.62. The summed E-state index contributed by atoms with van der Waals surface area (Å²) < 4.78 is 24.3. The minimum absolute atomic E-state index is 0.0143. The van der Waals surface area contributed by atoms with Crippen LogP contribution in [-0.4, -0.2) is 18.0 Å². The van der Waals surface area contributed by atoms with Crippen molar-refractivity contribution in [2.45, 2.75) is 11.8 Å². The molecular formula is C17H17N5O3S. The van der Waals surface area contributed by atoms with E-state index in [1.807, 2.05) is 31.2 Å². The Kier molecular flexibility index (Phi) is 4.49. The number of primary sulfonamides is 1. The van der Waals surface area contributed by atoms with Crippen LogP contribution in [0.1, 0.15) is 5.56 Å². The first-order chi connectivity index (χ1) is 12.2. The lowest BCUT2D eigenvalue weighted by Gasteiger charge is -2.16. The monoisotopic (exact) mass is 371 g/mol. The molecule has 3 rings (SSSR count). The van der Waals surface area contributed by atoms with E-state index >= 15 is 0 Å². The van der Waals surface area contributed by atoms with Gasteiger partial charge in [-0.2, -0.15) is 4.98 Å². The minimum atomic E-state index is -3.78. The lowest BCUT2D eigenvalue weighted by Crippen LogP contribution is -2.18. The molecule has 1 aromatic heterocycles. The van der Waals surface area contributed by atoms with Crippen LogP contribution in [0.5, 0.6) is 0 Å². The molecule has 0 amide bonds. The first kappa shape index (κ1) is 17.6. The summed E-state index contributed by atoms with van der Waals surface area (Å²) in [5, 5.41) is 8.07. The Morgan fingerprint density at radius 1 is 1.04 bits per heavy atom. The summed E-state index contributed by atoms with van der Waals surface area (Å²) in [6.45, 7) is 1.96. The second-order valence-electron chi connectivity index (χ2n) is 5.71. The van der Waals surface area contributed by atoms with Gasteiger partial charge >= 0.3 is 0 Å². The number of sulfonamides is 1. The Bertz CT molecular complexity index is 1100. The van der Waals surface area contributed by atoms with Gasteiger partial charge in [0.1, 0.15) is 5.82 Å². The first-order valence-corrected chi connectivity index (χ1v) is 9.15. The molecule has 0 fully saturated rings. The summed E-state index contributed by atoms with van der Waals surface area (Å²) in [6.07, 6.45) is 0. The van der Waals surface area contributed by atoms with E-state index in [-0.39, 0.29) is 16.7 Å². The smallest absolute Gasteiger partial charge is 0.276 e. The minimum Gasteiger partial charge on any atom is -0.385 e. The van der Waals surface area contributed by atoms with E-state index in [1.54, 1.807) is 4.57 Å². The number of hydrogen-bond donors (Lipinski definition) is 3. The number of nitrogens with two attached hydrogens (primary N) is 2. The highest BCUT2D eigenvalue weighted by atomic mass is 32.2. The predicted octanol–water partition coefficient (Wildman–Crippen LogP) is 1.51. The Labute approximate surface area is 150 Å². The summed E-state index contributed by atoms with van der Waals surface area (Å²) in [7, 11) is -3.78. The lowest BCUT2D eigenvalue weighted by atomic mass is 10.2. The van der Waals surface area contributed by atoms with E-state index in [0.29, 0.717) is 5.69 Å². The number of anilines is 3. The van der Waals surface area contributed by atoms with Crippen LogP contribution in [0.15, 0.2) is 64.3 Å². The third kappa shape index (κ3) is 3.73. The average molecular weight is 371 g/mol. The third-order valence-electron chi connectivity index (χ3n) is 3.69. The number of hydrogen-bond acceptors (Lipinski definition) is 6. The Balaban J connectivity index is 2.05. The van der Waals surface area contributed by atoms with E-state index in [9.17, 15) is 13.2 Å². The molecule has 0 bridgehead atoms. The Morgan fingerprint density at radius 3 is 2.23 bits per heavy atom. The van der Waals surface area contributed by atoms with Crippen LogP contribution in [0.4, 0.5) is 17.5 Å². The van der Waals surface area contributed by atoms with Crippen molar-refractivity contribution in [3.8, 4) is 5.69 Å². The molecule has 2 aromatic carbocycles. The van der Waals surface area contributed by atoms with Crippen molar-refractivity contribution in [2.75, 3.05) is 11.1 Å². The maximum Gasteiger partial charge on any atom is 0.276 e. The number of nitrogens with zero attached hydrogens (tertiary/aromatic N) is 2. The van der Waals surface area contributed by atoms with Gasteiger partial charge in [0.05, 0.1) is 10.6 Å². The molecule has 0 aliphatic carbocycles. The fourth-order valence-electron chi connectivity index (χ4n) is 2.41. The SMILES string of the molecule is Cc1ccc(-n2c(N)cc(=O)nc2Nc2ccc(S(N)(=O)=O)cc2)cc1. The van der Waals surface area contributed by atoms with E-state index in [2.05, 4.69) is 10.3 Å². The van der Waals surface area contributed by atoms with Gasteiger partial charge in [0.15, 0.2) is 0 Å². The zero-order chi connectivity index (χ0) is 18.9. The van der Waals surface area contributed by atoms with Crippen molar-refractivity contribution in [1.29, 1.82) is 0 Å². The van der Waals surface area contributed by atoms with Gasteiger partial charge in [0, 0.05) is 11.8 Å². The molecule has 0 unspecified atom stereocenters. The number of rotatable bonds is 4. The van der Waals surface area contributed by atoms with Crippen LogP contribution >= 0.6 is 0 Å². The van der Waals surface area contributed by atoms with Gasteiger partial charge in [-0.05, 0) is 43.3 Å². The number of nitrogen functional groups attached to an aromatic ring is 1. The van der Waals surface area contributed by atoms with Crippen LogP contribution < -0.4 is 21.7 Å². The normalized spacial score (nSPS) is 11.3. The molecule has 0 aliphatic rings. The van der Waals surface area contributed by atoms with Crippen molar-refractivity contribution in [3.05, 3.63) is 70.5 Å². The van der Waals surface area contributed by atoms with Gasteiger partial charge in [-0.3, -0.25) is 9.36 Å². The summed E-state index contributed by atoms with van der Waals surface area (Å²) in [5.41, 5.74) is 7.85. The van der Waals surface area contributed by atoms with Crippen molar-refractivity contribution in [2.24, 2.45) is 5.14 Å². The molecule has 1 heterocycles. The highest BCUT2D eigenvalue weighted by Crippen LogP contribution is 2.22. The number of nitrogens with one attached hydrogen (secondary N) is 1. The van der Waals surface area contributed by atoms with Crippen molar-refractivity contribution >= 4 is 27.5 Å². The molecule has 9 heteroatoms. The van der Waals surface area contributed by atoms with Gasteiger partial charge in [0.2, 0.25) is 16.0 Å². The van der Waals surface area contributed by atoms with E-state index in [4.69, 9.17) is 10.9 Å². The van der Waals surface area contributed by atoms with Crippen molar-refractivity contribution in [3.63, 3.8) is 0 Å². The van der Waals surface area contributed by atoms with Crippen molar-refractivity contribution in [1.82, 2.24) is 9.55 Å². The molecule has 0 saturated carbocycles. The van der Waals surface area contributed by atoms with Crippen LogP contribution in [0.25, 0.3) is 5.69 Å². The summed E-state index contributed by atoms with van der Waals surface area (Å²) in [4.78, 5) is 15.7. The highest BCUT2D eigenvalue weighted by Gasteiger charge is 2.11. The van der Waals surface area contributed by atoms with Crippen LogP contribution in [0.3, 0.4) is 0 Å². The molecule has 0 atom stereocenters. The fourth-order valence-corrected chi connectivity index (χ4v) is 2.92. The lowest BCUT2D eigenvalue weighted by molar-refractivity contribution is 0.598. The highest BCUT2D eigenvalue weighted by molar-refractivity contribution is 7.89. The van der Waals surface area contributed by atoms with Gasteiger partial charge in [-0.1, -0.05) is 17.7 Å². The second kappa shape index (κ2) is 6.62. The molecule has 0 radical (unpaired) electrons. The maximum absolute atomic E-state index is 11.8.